The van der Waals surface area contributed by atoms with E-state index in [9.17, 15) is 13.2 Å². The average molecular weight is 536 g/mol. The molecule has 1 amide bonds. The van der Waals surface area contributed by atoms with Crippen molar-refractivity contribution in [2.45, 2.75) is 38.5 Å². The minimum atomic E-state index is -3.13. The quantitative estimate of drug-likeness (QED) is 0.230. The molecule has 1 aliphatic heterocycles. The molecule has 0 bridgehead atoms. The van der Waals surface area contributed by atoms with Crippen LogP contribution >= 0.6 is 24.0 Å². The van der Waals surface area contributed by atoms with Crippen LogP contribution in [0.25, 0.3) is 0 Å². The van der Waals surface area contributed by atoms with Gasteiger partial charge in [0, 0.05) is 38.6 Å². The number of carbonyl (C=O) groups excluding carboxylic acids is 1. The Balaban J connectivity index is 0.00000420. The van der Waals surface area contributed by atoms with Gasteiger partial charge in [-0.1, -0.05) is 44.2 Å². The number of benzene rings is 1. The molecule has 1 heterocycles. The molecule has 0 aromatic heterocycles. The van der Waals surface area contributed by atoms with Gasteiger partial charge in [-0.2, -0.15) is 0 Å². The highest BCUT2D eigenvalue weighted by atomic mass is 127. The number of halogens is 1. The minimum absolute atomic E-state index is 0. The Bertz CT molecular complexity index is 769. The molecule has 2 rings (SSSR count). The fourth-order valence-corrected chi connectivity index (χ4v) is 4.66. The van der Waals surface area contributed by atoms with E-state index in [4.69, 9.17) is 0 Å². The van der Waals surface area contributed by atoms with Crippen molar-refractivity contribution in [2.24, 2.45) is 10.9 Å². The summed E-state index contributed by atoms with van der Waals surface area (Å²) in [6.45, 7) is 5.77. The lowest BCUT2D eigenvalue weighted by Gasteiger charge is -2.20. The van der Waals surface area contributed by atoms with Gasteiger partial charge in [0.1, 0.15) is 0 Å². The lowest BCUT2D eigenvalue weighted by molar-refractivity contribution is -0.133. The smallest absolute Gasteiger partial charge is 0.225 e. The van der Waals surface area contributed by atoms with Crippen LogP contribution < -0.4 is 10.6 Å². The summed E-state index contributed by atoms with van der Waals surface area (Å²) >= 11 is 0. The highest BCUT2D eigenvalue weighted by molar-refractivity contribution is 14.0. The number of aliphatic imine (C=N–C) groups is 1. The molecular weight excluding hydrogens is 503 g/mol. The molecule has 164 valence electrons. The van der Waals surface area contributed by atoms with Crippen molar-refractivity contribution in [2.75, 3.05) is 32.4 Å². The number of hydrogen-bond donors (Lipinski definition) is 2. The molecule has 0 radical (unpaired) electrons. The molecule has 0 spiro atoms. The molecule has 1 unspecified atom stereocenters. The summed E-state index contributed by atoms with van der Waals surface area (Å²) < 4.78 is 24.5. The monoisotopic (exact) mass is 536 g/mol. The molecule has 29 heavy (non-hydrogen) atoms. The zero-order chi connectivity index (χ0) is 20.6. The summed E-state index contributed by atoms with van der Waals surface area (Å²) in [5.41, 5.74) is 0.815. The molecule has 2 N–H and O–H groups in total. The number of sulfone groups is 1. The summed E-state index contributed by atoms with van der Waals surface area (Å²) in [5, 5.41) is 6.49. The second kappa shape index (κ2) is 12.4. The van der Waals surface area contributed by atoms with E-state index in [-0.39, 0.29) is 53.3 Å². The van der Waals surface area contributed by atoms with Gasteiger partial charge in [0.05, 0.1) is 11.5 Å². The molecule has 7 nitrogen and oxygen atoms in total. The SMILES string of the molecule is CN=C(NCCCS(=O)(=O)Cc1ccccc1)NC1CCN(C(=O)C(C)C)C1.I. The van der Waals surface area contributed by atoms with Crippen LogP contribution in [-0.2, 0) is 20.4 Å². The maximum atomic E-state index is 12.2. The van der Waals surface area contributed by atoms with Gasteiger partial charge in [0.15, 0.2) is 15.8 Å². The third-order valence-corrected chi connectivity index (χ3v) is 6.40. The number of hydrogen-bond acceptors (Lipinski definition) is 4. The zero-order valence-corrected chi connectivity index (χ0v) is 20.6. The Morgan fingerprint density at radius 1 is 1.28 bits per heavy atom. The van der Waals surface area contributed by atoms with Crippen LogP contribution in [0.15, 0.2) is 35.3 Å². The van der Waals surface area contributed by atoms with Gasteiger partial charge in [-0.3, -0.25) is 9.79 Å². The predicted molar refractivity (Wildman–Crippen MR) is 128 cm³/mol. The summed E-state index contributed by atoms with van der Waals surface area (Å²) in [6.07, 6.45) is 1.39. The van der Waals surface area contributed by atoms with Crippen molar-refractivity contribution in [3.05, 3.63) is 35.9 Å². The first-order valence-corrected chi connectivity index (χ1v) is 11.6. The lowest BCUT2D eigenvalue weighted by atomic mass is 10.2. The second-order valence-electron chi connectivity index (χ2n) is 7.50. The molecular formula is C20H33IN4O3S. The Labute approximate surface area is 191 Å². The number of nitrogens with one attached hydrogen (secondary N) is 2. The van der Waals surface area contributed by atoms with Gasteiger partial charge in [-0.25, -0.2) is 8.42 Å². The van der Waals surface area contributed by atoms with E-state index in [0.29, 0.717) is 25.5 Å². The van der Waals surface area contributed by atoms with Crippen LogP contribution in [0.5, 0.6) is 0 Å². The third-order valence-electron chi connectivity index (χ3n) is 4.71. The number of guanidine groups is 1. The Morgan fingerprint density at radius 2 is 1.97 bits per heavy atom. The fourth-order valence-electron chi connectivity index (χ4n) is 3.23. The molecule has 9 heteroatoms. The molecule has 1 aromatic rings. The van der Waals surface area contributed by atoms with Crippen molar-refractivity contribution < 1.29 is 13.2 Å². The summed E-state index contributed by atoms with van der Waals surface area (Å²) in [6, 6.07) is 9.39. The highest BCUT2D eigenvalue weighted by Gasteiger charge is 2.27. The minimum Gasteiger partial charge on any atom is -0.356 e. The van der Waals surface area contributed by atoms with Gasteiger partial charge < -0.3 is 15.5 Å². The molecule has 1 fully saturated rings. The largest absolute Gasteiger partial charge is 0.356 e. The normalized spacial score (nSPS) is 17.2. The van der Waals surface area contributed by atoms with E-state index in [2.05, 4.69) is 15.6 Å². The molecule has 1 saturated heterocycles. The van der Waals surface area contributed by atoms with E-state index in [1.807, 2.05) is 49.1 Å². The number of amides is 1. The third kappa shape index (κ3) is 8.90. The molecule has 1 aromatic carbocycles. The van der Waals surface area contributed by atoms with Crippen molar-refractivity contribution in [3.8, 4) is 0 Å². The Morgan fingerprint density at radius 3 is 2.59 bits per heavy atom. The van der Waals surface area contributed by atoms with Gasteiger partial charge in [-0.15, -0.1) is 24.0 Å². The maximum absolute atomic E-state index is 12.2. The van der Waals surface area contributed by atoms with Crippen LogP contribution in [0.1, 0.15) is 32.3 Å². The number of likely N-dealkylation sites (tertiary alicyclic amines) is 1. The van der Waals surface area contributed by atoms with Crippen LogP contribution in [0.2, 0.25) is 0 Å². The van der Waals surface area contributed by atoms with Gasteiger partial charge in [0.2, 0.25) is 5.91 Å². The average Bonchev–Trinajstić information content (AvgIpc) is 3.12. The standard InChI is InChI=1S/C20H32N4O3S.HI/c1-16(2)19(25)24-12-10-18(14-24)23-20(21-3)22-11-7-13-28(26,27)15-17-8-5-4-6-9-17;/h4-6,8-9,16,18H,7,10-15H2,1-3H3,(H2,21,22,23);1H. The van der Waals surface area contributed by atoms with E-state index in [0.717, 1.165) is 18.5 Å². The van der Waals surface area contributed by atoms with E-state index >= 15 is 0 Å². The number of carbonyl (C=O) groups is 1. The molecule has 0 saturated carbocycles. The first-order chi connectivity index (χ1) is 13.3. The summed E-state index contributed by atoms with van der Waals surface area (Å²) in [4.78, 5) is 18.2. The molecule has 0 aliphatic carbocycles. The van der Waals surface area contributed by atoms with Gasteiger partial charge in [-0.05, 0) is 18.4 Å². The van der Waals surface area contributed by atoms with Crippen molar-refractivity contribution >= 4 is 45.7 Å². The first-order valence-electron chi connectivity index (χ1n) is 9.81. The zero-order valence-electron chi connectivity index (χ0n) is 17.4. The lowest BCUT2D eigenvalue weighted by Crippen LogP contribution is -2.45. The topological polar surface area (TPSA) is 90.9 Å². The Kier molecular flexibility index (Phi) is 10.9. The number of rotatable bonds is 8. The van der Waals surface area contributed by atoms with E-state index < -0.39 is 9.84 Å². The van der Waals surface area contributed by atoms with Crippen molar-refractivity contribution in [3.63, 3.8) is 0 Å². The van der Waals surface area contributed by atoms with Gasteiger partial charge >= 0.3 is 0 Å². The van der Waals surface area contributed by atoms with E-state index in [1.54, 1.807) is 7.05 Å². The van der Waals surface area contributed by atoms with Gasteiger partial charge in [0.25, 0.3) is 0 Å². The number of nitrogens with zero attached hydrogens (tertiary/aromatic N) is 2. The van der Waals surface area contributed by atoms with Crippen LogP contribution in [0.4, 0.5) is 0 Å². The van der Waals surface area contributed by atoms with Crippen LogP contribution in [-0.4, -0.2) is 63.7 Å². The molecule has 1 aliphatic rings. The molecule has 1 atom stereocenters. The summed E-state index contributed by atoms with van der Waals surface area (Å²) in [7, 11) is -1.44. The predicted octanol–water partition coefficient (Wildman–Crippen LogP) is 2.03. The maximum Gasteiger partial charge on any atom is 0.225 e. The fraction of sp³-hybridized carbons (Fsp3) is 0.600. The second-order valence-corrected chi connectivity index (χ2v) is 9.68. The van der Waals surface area contributed by atoms with Crippen molar-refractivity contribution in [1.82, 2.24) is 15.5 Å². The van der Waals surface area contributed by atoms with E-state index in [1.165, 1.54) is 0 Å². The van der Waals surface area contributed by atoms with Crippen LogP contribution in [0.3, 0.4) is 0 Å². The first kappa shape index (κ1) is 25.7. The highest BCUT2D eigenvalue weighted by Crippen LogP contribution is 2.12. The van der Waals surface area contributed by atoms with Crippen molar-refractivity contribution in [1.29, 1.82) is 0 Å². The van der Waals surface area contributed by atoms with Crippen LogP contribution in [0, 0.1) is 5.92 Å². The summed E-state index contributed by atoms with van der Waals surface area (Å²) in [5.74, 6) is 1.03. The Hall–Kier alpha value is -1.36.